The van der Waals surface area contributed by atoms with Gasteiger partial charge < -0.3 is 24.4 Å². The number of aromatic nitrogens is 1. The summed E-state index contributed by atoms with van der Waals surface area (Å²) in [6.07, 6.45) is 1.60. The van der Waals surface area contributed by atoms with Crippen LogP contribution in [0.4, 0.5) is 14.9 Å². The van der Waals surface area contributed by atoms with Crippen molar-refractivity contribution in [1.29, 1.82) is 0 Å². The number of carbonyl (C=O) groups is 2. The van der Waals surface area contributed by atoms with Crippen LogP contribution in [0.5, 0.6) is 0 Å². The molecular weight excluding hydrogens is 324 g/mol. The molecule has 0 saturated carbocycles. The van der Waals surface area contributed by atoms with Gasteiger partial charge in [0.05, 0.1) is 17.9 Å². The van der Waals surface area contributed by atoms with Gasteiger partial charge in [-0.2, -0.15) is 0 Å². The van der Waals surface area contributed by atoms with Gasteiger partial charge >= 0.3 is 25.0 Å². The third-order valence-electron chi connectivity index (χ3n) is 3.79. The molecule has 0 bridgehead atoms. The first kappa shape index (κ1) is 21.3. The number of aromatic carboxylic acids is 1. The molecule has 1 saturated heterocycles. The number of likely N-dealkylation sites (tertiary alicyclic amines) is 1. The van der Waals surface area contributed by atoms with Crippen LogP contribution in [0.25, 0.3) is 0 Å². The van der Waals surface area contributed by atoms with Gasteiger partial charge in [0.2, 0.25) is 0 Å². The van der Waals surface area contributed by atoms with E-state index in [1.807, 2.05) is 0 Å². The van der Waals surface area contributed by atoms with Gasteiger partial charge in [0, 0.05) is 32.2 Å². The number of halogens is 1. The van der Waals surface area contributed by atoms with E-state index in [4.69, 9.17) is 4.74 Å². The third kappa shape index (κ3) is 5.35. The van der Waals surface area contributed by atoms with E-state index in [1.54, 1.807) is 37.6 Å². The first-order valence-electron chi connectivity index (χ1n) is 7.66. The fourth-order valence-corrected chi connectivity index (χ4v) is 2.53. The summed E-state index contributed by atoms with van der Waals surface area (Å²) in [6.45, 7) is 6.39. The summed E-state index contributed by atoms with van der Waals surface area (Å²) in [4.78, 5) is 29.8. The van der Waals surface area contributed by atoms with Crippen LogP contribution in [0.15, 0.2) is 12.3 Å². The van der Waals surface area contributed by atoms with Gasteiger partial charge in [0.1, 0.15) is 11.3 Å². The molecule has 0 radical (unpaired) electrons. The van der Waals surface area contributed by atoms with Crippen LogP contribution in [-0.2, 0) is 4.74 Å². The number of anilines is 1. The molecule has 0 N–H and O–H groups in total. The molecule has 25 heavy (non-hydrogen) atoms. The molecule has 1 amide bonds. The molecule has 1 aliphatic rings. The van der Waals surface area contributed by atoms with Crippen molar-refractivity contribution in [3.63, 3.8) is 0 Å². The maximum Gasteiger partial charge on any atom is 1.00 e. The number of ether oxygens (including phenoxy) is 1. The van der Waals surface area contributed by atoms with Crippen molar-refractivity contribution < 1.29 is 42.7 Å². The van der Waals surface area contributed by atoms with Crippen molar-refractivity contribution in [2.24, 2.45) is 0 Å². The number of carbonyl (C=O) groups excluding carboxylic acids is 2. The maximum atomic E-state index is 13.7. The smallest absolute Gasteiger partial charge is 0.543 e. The zero-order valence-electron chi connectivity index (χ0n) is 15.2. The summed E-state index contributed by atoms with van der Waals surface area (Å²) in [5.41, 5.74) is -0.836. The third-order valence-corrected chi connectivity index (χ3v) is 3.79. The van der Waals surface area contributed by atoms with Gasteiger partial charge in [-0.15, -0.1) is 0 Å². The number of hydrogen-bond donors (Lipinski definition) is 0. The van der Waals surface area contributed by atoms with Crippen molar-refractivity contribution in [3.05, 3.63) is 23.8 Å². The van der Waals surface area contributed by atoms with Gasteiger partial charge in [-0.05, 0) is 27.2 Å². The van der Waals surface area contributed by atoms with Crippen LogP contribution >= 0.6 is 0 Å². The number of carboxylic acid groups (broad SMARTS) is 1. The first-order valence-corrected chi connectivity index (χ1v) is 7.66. The maximum absolute atomic E-state index is 13.7. The number of pyridine rings is 1. The Hall–Kier alpha value is -1.78. The van der Waals surface area contributed by atoms with Crippen molar-refractivity contribution >= 4 is 17.7 Å². The van der Waals surface area contributed by atoms with Crippen molar-refractivity contribution in [1.82, 2.24) is 9.88 Å². The number of nitrogens with zero attached hydrogens (tertiary/aromatic N) is 3. The fourth-order valence-electron chi connectivity index (χ4n) is 2.53. The van der Waals surface area contributed by atoms with E-state index in [1.165, 1.54) is 6.20 Å². The second-order valence-corrected chi connectivity index (χ2v) is 6.79. The molecule has 2 heterocycles. The largest absolute Gasteiger partial charge is 1.00 e. The van der Waals surface area contributed by atoms with Crippen molar-refractivity contribution in [2.75, 3.05) is 25.0 Å². The number of carboxylic acids is 1. The van der Waals surface area contributed by atoms with E-state index < -0.39 is 23.1 Å². The average Bonchev–Trinajstić information content (AvgIpc) is 2.94. The topological polar surface area (TPSA) is 85.8 Å². The standard InChI is InChI=1S/C16H22FN3O4.Li/c1-16(2,3)24-15(23)20-6-5-10(9-20)19(4)11-7-12(17)13(14(21)22)18-8-11;/h7-8,10H,5-6,9H2,1-4H3,(H,21,22);/q;+1/p-1. The summed E-state index contributed by atoms with van der Waals surface area (Å²) in [5, 5.41) is 10.7. The molecule has 1 aromatic heterocycles. The van der Waals surface area contributed by atoms with E-state index in [-0.39, 0.29) is 31.0 Å². The minimum Gasteiger partial charge on any atom is -0.543 e. The van der Waals surface area contributed by atoms with Crippen LogP contribution in [0.1, 0.15) is 37.7 Å². The van der Waals surface area contributed by atoms with E-state index >= 15 is 0 Å². The monoisotopic (exact) mass is 345 g/mol. The molecule has 132 valence electrons. The second kappa shape index (κ2) is 8.06. The van der Waals surface area contributed by atoms with E-state index in [0.717, 1.165) is 6.07 Å². The summed E-state index contributed by atoms with van der Waals surface area (Å²) in [6, 6.07) is 1.07. The Kier molecular flexibility index (Phi) is 6.86. The molecule has 0 spiro atoms. The van der Waals surface area contributed by atoms with Crippen LogP contribution < -0.4 is 28.9 Å². The quantitative estimate of drug-likeness (QED) is 0.591. The number of rotatable bonds is 3. The fraction of sp³-hybridized carbons (Fsp3) is 0.562. The normalized spacial score (nSPS) is 17.0. The summed E-state index contributed by atoms with van der Waals surface area (Å²) < 4.78 is 19.1. The van der Waals surface area contributed by atoms with Crippen LogP contribution in [0, 0.1) is 5.82 Å². The van der Waals surface area contributed by atoms with Gasteiger partial charge in [0.15, 0.2) is 5.82 Å². The summed E-state index contributed by atoms with van der Waals surface area (Å²) in [5.74, 6) is -2.60. The van der Waals surface area contributed by atoms with Crippen LogP contribution in [0.3, 0.4) is 0 Å². The molecule has 1 aromatic rings. The van der Waals surface area contributed by atoms with Crippen LogP contribution in [0.2, 0.25) is 0 Å². The minimum atomic E-state index is -1.65. The Morgan fingerprint density at radius 3 is 2.60 bits per heavy atom. The summed E-state index contributed by atoms with van der Waals surface area (Å²) >= 11 is 0. The summed E-state index contributed by atoms with van der Waals surface area (Å²) in [7, 11) is 1.75. The first-order chi connectivity index (χ1) is 11.1. The number of likely N-dealkylation sites (N-methyl/N-ethyl adjacent to an activating group) is 1. The Bertz CT molecular complexity index is 651. The molecule has 0 aromatic carbocycles. The Balaban J connectivity index is 0.00000312. The molecule has 1 unspecified atom stereocenters. The minimum absolute atomic E-state index is 0. The van der Waals surface area contributed by atoms with Gasteiger partial charge in [-0.25, -0.2) is 14.2 Å². The van der Waals surface area contributed by atoms with Gasteiger partial charge in [0.25, 0.3) is 0 Å². The number of hydrogen-bond acceptors (Lipinski definition) is 6. The van der Waals surface area contributed by atoms with Crippen molar-refractivity contribution in [3.8, 4) is 0 Å². The SMILES string of the molecule is CN(c1cnc(C(=O)[O-])c(F)c1)C1CCN(C(=O)OC(C)(C)C)C1.[Li+]. The molecular formula is C16H21FLiN3O4. The zero-order valence-corrected chi connectivity index (χ0v) is 15.2. The second-order valence-electron chi connectivity index (χ2n) is 6.79. The van der Waals surface area contributed by atoms with E-state index in [9.17, 15) is 19.1 Å². The molecule has 1 atom stereocenters. The molecule has 1 aliphatic heterocycles. The predicted octanol–water partition coefficient (Wildman–Crippen LogP) is -1.97. The molecule has 0 aliphatic carbocycles. The Labute approximate surface area is 158 Å². The molecule has 9 heteroatoms. The van der Waals surface area contributed by atoms with Crippen molar-refractivity contribution in [2.45, 2.75) is 38.8 Å². The number of amides is 1. The predicted molar refractivity (Wildman–Crippen MR) is 83.1 cm³/mol. The zero-order chi connectivity index (χ0) is 18.1. The molecule has 1 fully saturated rings. The van der Waals surface area contributed by atoms with E-state index in [0.29, 0.717) is 25.2 Å². The van der Waals surface area contributed by atoms with Gasteiger partial charge in [-0.1, -0.05) is 0 Å². The molecule has 2 rings (SSSR count). The Morgan fingerprint density at radius 1 is 1.44 bits per heavy atom. The average molecular weight is 345 g/mol. The molecule has 7 nitrogen and oxygen atoms in total. The Morgan fingerprint density at radius 2 is 2.08 bits per heavy atom. The van der Waals surface area contributed by atoms with Crippen LogP contribution in [-0.4, -0.2) is 53.7 Å². The van der Waals surface area contributed by atoms with Gasteiger partial charge in [-0.3, -0.25) is 0 Å². The van der Waals surface area contributed by atoms with E-state index in [2.05, 4.69) is 4.98 Å².